The van der Waals surface area contributed by atoms with Crippen molar-refractivity contribution in [3.63, 3.8) is 0 Å². The molecule has 1 N–H and O–H groups in total. The molecule has 0 spiro atoms. The van der Waals surface area contributed by atoms with E-state index in [1.54, 1.807) is 27.5 Å². The minimum atomic E-state index is 0.589. The topological polar surface area (TPSA) is 52.1 Å². The molecule has 0 aliphatic carbocycles. The normalized spacial score (nSPS) is 10.5. The van der Waals surface area contributed by atoms with Crippen molar-refractivity contribution < 1.29 is 14.2 Å². The average molecular weight is 300 g/mol. The number of hydrogen-bond acceptors (Lipinski definition) is 5. The summed E-state index contributed by atoms with van der Waals surface area (Å²) < 4.78 is 15.8. The smallest absolute Gasteiger partial charge is 0.161 e. The Labute approximate surface area is 130 Å². The van der Waals surface area contributed by atoms with E-state index in [2.05, 4.69) is 10.5 Å². The number of para-hydroxylation sites is 1. The molecule has 0 saturated carbocycles. The summed E-state index contributed by atoms with van der Waals surface area (Å²) in [5.41, 5.74) is 4.98. The van der Waals surface area contributed by atoms with Gasteiger partial charge in [-0.3, -0.25) is 0 Å². The van der Waals surface area contributed by atoms with Crippen molar-refractivity contribution in [2.24, 2.45) is 5.10 Å². The maximum absolute atomic E-state index is 5.28. The van der Waals surface area contributed by atoms with Crippen molar-refractivity contribution in [3.05, 3.63) is 53.6 Å². The molecule has 2 rings (SSSR count). The number of nitrogens with one attached hydrogen (secondary N) is 1. The number of hydrogen-bond donors (Lipinski definition) is 1. The summed E-state index contributed by atoms with van der Waals surface area (Å²) in [6.45, 7) is 0.589. The predicted octanol–water partition coefficient (Wildman–Crippen LogP) is 2.84. The van der Waals surface area contributed by atoms with Crippen LogP contribution in [0, 0.1) is 0 Å². The molecule has 0 radical (unpaired) electrons. The molecule has 116 valence electrons. The molecule has 0 saturated heterocycles. The first-order valence-electron chi connectivity index (χ1n) is 6.88. The maximum Gasteiger partial charge on any atom is 0.161 e. The van der Waals surface area contributed by atoms with Gasteiger partial charge in [0.25, 0.3) is 0 Å². The maximum atomic E-state index is 5.28. The molecule has 22 heavy (non-hydrogen) atoms. The molecule has 0 aromatic heterocycles. The zero-order valence-electron chi connectivity index (χ0n) is 13.0. The second kappa shape index (κ2) is 7.93. The van der Waals surface area contributed by atoms with E-state index < -0.39 is 0 Å². The van der Waals surface area contributed by atoms with Crippen molar-refractivity contribution in [1.29, 1.82) is 0 Å². The first-order chi connectivity index (χ1) is 10.8. The van der Waals surface area contributed by atoms with Crippen LogP contribution in [0.1, 0.15) is 11.1 Å². The lowest BCUT2D eigenvalue weighted by Crippen LogP contribution is -2.06. The Bertz CT molecular complexity index is 642. The summed E-state index contributed by atoms with van der Waals surface area (Å²) >= 11 is 0. The lowest BCUT2D eigenvalue weighted by Gasteiger charge is -2.09. The first-order valence-corrected chi connectivity index (χ1v) is 6.88. The highest BCUT2D eigenvalue weighted by Crippen LogP contribution is 2.27. The SMILES string of the molecule is COc1ccccc1/C=N\NCc1ccc(OC)c(OC)c1. The molecule has 0 amide bonds. The van der Waals surface area contributed by atoms with Gasteiger partial charge in [-0.15, -0.1) is 0 Å². The Balaban J connectivity index is 1.97. The van der Waals surface area contributed by atoms with Crippen molar-refractivity contribution in [2.45, 2.75) is 6.54 Å². The third-order valence-corrected chi connectivity index (χ3v) is 3.16. The number of nitrogens with zero attached hydrogens (tertiary/aromatic N) is 1. The molecule has 5 heteroatoms. The van der Waals surface area contributed by atoms with Gasteiger partial charge < -0.3 is 19.6 Å². The van der Waals surface area contributed by atoms with E-state index in [-0.39, 0.29) is 0 Å². The quantitative estimate of drug-likeness (QED) is 0.631. The van der Waals surface area contributed by atoms with Crippen LogP contribution in [-0.2, 0) is 6.54 Å². The fourth-order valence-corrected chi connectivity index (χ4v) is 2.02. The monoisotopic (exact) mass is 300 g/mol. The van der Waals surface area contributed by atoms with Gasteiger partial charge in [0.1, 0.15) is 5.75 Å². The fraction of sp³-hybridized carbons (Fsp3) is 0.235. The summed E-state index contributed by atoms with van der Waals surface area (Å²) in [6.07, 6.45) is 1.74. The van der Waals surface area contributed by atoms with Crippen molar-refractivity contribution in [2.75, 3.05) is 21.3 Å². The molecule has 0 atom stereocenters. The van der Waals surface area contributed by atoms with Gasteiger partial charge in [0, 0.05) is 5.56 Å². The van der Waals surface area contributed by atoms with Gasteiger partial charge in [-0.05, 0) is 29.8 Å². The van der Waals surface area contributed by atoms with E-state index in [1.807, 2.05) is 42.5 Å². The minimum Gasteiger partial charge on any atom is -0.496 e. The van der Waals surface area contributed by atoms with Crippen LogP contribution in [0.2, 0.25) is 0 Å². The molecule has 0 unspecified atom stereocenters. The molecular weight excluding hydrogens is 280 g/mol. The van der Waals surface area contributed by atoms with E-state index in [1.165, 1.54) is 0 Å². The molecule has 2 aromatic rings. The van der Waals surface area contributed by atoms with Gasteiger partial charge in [0.05, 0.1) is 34.1 Å². The van der Waals surface area contributed by atoms with Gasteiger partial charge in [-0.2, -0.15) is 5.10 Å². The van der Waals surface area contributed by atoms with Crippen LogP contribution >= 0.6 is 0 Å². The van der Waals surface area contributed by atoms with Gasteiger partial charge in [0.2, 0.25) is 0 Å². The van der Waals surface area contributed by atoms with E-state index in [0.717, 1.165) is 16.9 Å². The Kier molecular flexibility index (Phi) is 5.65. The second-order valence-electron chi connectivity index (χ2n) is 4.52. The van der Waals surface area contributed by atoms with Crippen molar-refractivity contribution >= 4 is 6.21 Å². The van der Waals surface area contributed by atoms with Crippen LogP contribution in [0.4, 0.5) is 0 Å². The van der Waals surface area contributed by atoms with Crippen LogP contribution in [0.5, 0.6) is 17.2 Å². The van der Waals surface area contributed by atoms with Crippen LogP contribution < -0.4 is 19.6 Å². The number of hydrazone groups is 1. The Morgan fingerprint density at radius 2 is 1.64 bits per heavy atom. The highest BCUT2D eigenvalue weighted by molar-refractivity contribution is 5.83. The van der Waals surface area contributed by atoms with Gasteiger partial charge in [0.15, 0.2) is 11.5 Å². The largest absolute Gasteiger partial charge is 0.496 e. The van der Waals surface area contributed by atoms with E-state index in [9.17, 15) is 0 Å². The summed E-state index contributed by atoms with van der Waals surface area (Å²) in [6, 6.07) is 13.5. The standard InChI is InChI=1S/C17H20N2O3/c1-20-15-7-5-4-6-14(15)12-19-18-11-13-8-9-16(21-2)17(10-13)22-3/h4-10,12,18H,11H2,1-3H3/b19-12-. The van der Waals surface area contributed by atoms with E-state index in [0.29, 0.717) is 18.0 Å². The minimum absolute atomic E-state index is 0.589. The fourth-order valence-electron chi connectivity index (χ4n) is 2.02. The Hall–Kier alpha value is -2.69. The lowest BCUT2D eigenvalue weighted by molar-refractivity contribution is 0.354. The lowest BCUT2D eigenvalue weighted by atomic mass is 10.2. The Morgan fingerprint density at radius 1 is 0.909 bits per heavy atom. The third kappa shape index (κ3) is 3.91. The molecule has 0 bridgehead atoms. The summed E-state index contributed by atoms with van der Waals surface area (Å²) in [5.74, 6) is 2.21. The van der Waals surface area contributed by atoms with Gasteiger partial charge in [-0.1, -0.05) is 18.2 Å². The highest BCUT2D eigenvalue weighted by atomic mass is 16.5. The molecule has 0 aliphatic rings. The first kappa shape index (κ1) is 15.7. The zero-order chi connectivity index (χ0) is 15.8. The van der Waals surface area contributed by atoms with Crippen molar-refractivity contribution in [3.8, 4) is 17.2 Å². The number of ether oxygens (including phenoxy) is 3. The van der Waals surface area contributed by atoms with Crippen molar-refractivity contribution in [1.82, 2.24) is 5.43 Å². The number of benzene rings is 2. The molecular formula is C17H20N2O3. The third-order valence-electron chi connectivity index (χ3n) is 3.16. The van der Waals surface area contributed by atoms with Gasteiger partial charge in [-0.25, -0.2) is 0 Å². The van der Waals surface area contributed by atoms with Gasteiger partial charge >= 0.3 is 0 Å². The molecule has 0 fully saturated rings. The summed E-state index contributed by atoms with van der Waals surface area (Å²) in [4.78, 5) is 0. The average Bonchev–Trinajstić information content (AvgIpc) is 2.58. The molecule has 5 nitrogen and oxygen atoms in total. The number of rotatable bonds is 7. The second-order valence-corrected chi connectivity index (χ2v) is 4.52. The summed E-state index contributed by atoms with van der Waals surface area (Å²) in [5, 5.41) is 4.22. The zero-order valence-corrected chi connectivity index (χ0v) is 13.0. The predicted molar refractivity (Wildman–Crippen MR) is 87.0 cm³/mol. The van der Waals surface area contributed by atoms with Crippen LogP contribution in [0.15, 0.2) is 47.6 Å². The number of methoxy groups -OCH3 is 3. The highest BCUT2D eigenvalue weighted by Gasteiger charge is 2.03. The van der Waals surface area contributed by atoms with Crippen LogP contribution in [0.3, 0.4) is 0 Å². The molecule has 0 aliphatic heterocycles. The van der Waals surface area contributed by atoms with Crippen LogP contribution in [0.25, 0.3) is 0 Å². The molecule has 2 aromatic carbocycles. The van der Waals surface area contributed by atoms with E-state index >= 15 is 0 Å². The summed E-state index contributed by atoms with van der Waals surface area (Å²) in [7, 11) is 4.88. The van der Waals surface area contributed by atoms with Crippen LogP contribution in [-0.4, -0.2) is 27.5 Å². The van der Waals surface area contributed by atoms with E-state index in [4.69, 9.17) is 14.2 Å². The molecule has 0 heterocycles. The Morgan fingerprint density at radius 3 is 2.36 bits per heavy atom.